The lowest BCUT2D eigenvalue weighted by atomic mass is 10.4. The van der Waals surface area contributed by atoms with Gasteiger partial charge in [-0.05, 0) is 31.7 Å². The zero-order valence-electron chi connectivity index (χ0n) is 12.0. The van der Waals surface area contributed by atoms with Gasteiger partial charge < -0.3 is 14.8 Å². The summed E-state index contributed by atoms with van der Waals surface area (Å²) < 4.78 is 2.06. The smallest absolute Gasteiger partial charge is 0.194 e. The third kappa shape index (κ3) is 4.16. The number of aliphatic imine (C=N–C) groups is 1. The van der Waals surface area contributed by atoms with Crippen molar-refractivity contribution in [3.05, 3.63) is 23.0 Å². The van der Waals surface area contributed by atoms with Gasteiger partial charge in [-0.25, -0.2) is 0 Å². The van der Waals surface area contributed by atoms with Gasteiger partial charge in [0.15, 0.2) is 5.96 Å². The van der Waals surface area contributed by atoms with Gasteiger partial charge in [-0.15, -0.1) is 0 Å². The second kappa shape index (κ2) is 6.33. The van der Waals surface area contributed by atoms with E-state index in [4.69, 9.17) is 16.6 Å². The van der Waals surface area contributed by atoms with Gasteiger partial charge >= 0.3 is 0 Å². The van der Waals surface area contributed by atoms with Gasteiger partial charge in [0.1, 0.15) is 0 Å². The molecule has 1 aromatic rings. The van der Waals surface area contributed by atoms with Crippen molar-refractivity contribution in [3.63, 3.8) is 0 Å². The molecule has 0 saturated heterocycles. The minimum Gasteiger partial charge on any atom is -0.357 e. The first-order valence-corrected chi connectivity index (χ1v) is 7.28. The van der Waals surface area contributed by atoms with E-state index in [1.807, 2.05) is 19.3 Å². The molecule has 19 heavy (non-hydrogen) atoms. The van der Waals surface area contributed by atoms with E-state index in [-0.39, 0.29) is 0 Å². The summed E-state index contributed by atoms with van der Waals surface area (Å²) in [4.78, 5) is 6.85. The molecule has 1 aromatic heterocycles. The fourth-order valence-electron chi connectivity index (χ4n) is 2.03. The van der Waals surface area contributed by atoms with Crippen LogP contribution in [0.15, 0.2) is 17.3 Å². The van der Waals surface area contributed by atoms with Crippen LogP contribution in [-0.4, -0.2) is 35.6 Å². The van der Waals surface area contributed by atoms with E-state index in [9.17, 15) is 0 Å². The average molecular weight is 283 g/mol. The molecule has 0 unspecified atom stereocenters. The van der Waals surface area contributed by atoms with Gasteiger partial charge in [0, 0.05) is 39.1 Å². The number of aromatic nitrogens is 1. The van der Waals surface area contributed by atoms with Gasteiger partial charge in [0.05, 0.1) is 11.6 Å². The van der Waals surface area contributed by atoms with Crippen LogP contribution >= 0.6 is 11.6 Å². The number of rotatable bonds is 5. The Morgan fingerprint density at radius 3 is 2.84 bits per heavy atom. The van der Waals surface area contributed by atoms with Crippen molar-refractivity contribution in [2.45, 2.75) is 26.3 Å². The number of guanidine groups is 1. The van der Waals surface area contributed by atoms with Crippen LogP contribution in [0.3, 0.4) is 0 Å². The summed E-state index contributed by atoms with van der Waals surface area (Å²) in [5.74, 6) is 1.79. The largest absolute Gasteiger partial charge is 0.357 e. The van der Waals surface area contributed by atoms with Crippen molar-refractivity contribution in [1.29, 1.82) is 0 Å². The second-order valence-electron chi connectivity index (χ2n) is 5.25. The molecule has 106 valence electrons. The van der Waals surface area contributed by atoms with E-state index < -0.39 is 0 Å². The predicted octanol–water partition coefficient (Wildman–Crippen LogP) is 2.49. The molecular formula is C14H23ClN4. The highest BCUT2D eigenvalue weighted by Crippen LogP contribution is 2.28. The van der Waals surface area contributed by atoms with Crippen LogP contribution in [0.5, 0.6) is 0 Å². The highest BCUT2D eigenvalue weighted by atomic mass is 35.5. The summed E-state index contributed by atoms with van der Waals surface area (Å²) in [5, 5.41) is 4.13. The van der Waals surface area contributed by atoms with Crippen LogP contribution in [-0.2, 0) is 13.6 Å². The number of nitrogens with one attached hydrogen (secondary N) is 1. The Kier molecular flexibility index (Phi) is 4.75. The lowest BCUT2D eigenvalue weighted by Gasteiger charge is -2.22. The first kappa shape index (κ1) is 14.3. The van der Waals surface area contributed by atoms with Crippen molar-refractivity contribution >= 4 is 17.6 Å². The molecule has 0 atom stereocenters. The Hall–Kier alpha value is -1.16. The third-order valence-corrected chi connectivity index (χ3v) is 3.57. The molecule has 5 heteroatoms. The Bertz CT molecular complexity index is 448. The lowest BCUT2D eigenvalue weighted by molar-refractivity contribution is 0.461. The first-order chi connectivity index (χ1) is 9.10. The van der Waals surface area contributed by atoms with Crippen LogP contribution in [0.4, 0.5) is 0 Å². The summed E-state index contributed by atoms with van der Waals surface area (Å²) in [7, 11) is 4.08. The molecule has 1 aliphatic carbocycles. The van der Waals surface area contributed by atoms with Crippen molar-refractivity contribution < 1.29 is 0 Å². The topological polar surface area (TPSA) is 32.6 Å². The van der Waals surface area contributed by atoms with Crippen molar-refractivity contribution in [3.8, 4) is 0 Å². The van der Waals surface area contributed by atoms with E-state index in [0.29, 0.717) is 0 Å². The monoisotopic (exact) mass is 282 g/mol. The molecule has 0 spiro atoms. The van der Waals surface area contributed by atoms with Crippen molar-refractivity contribution in [2.24, 2.45) is 18.0 Å². The summed E-state index contributed by atoms with van der Waals surface area (Å²) in [5.41, 5.74) is 1.18. The number of halogens is 1. The zero-order chi connectivity index (χ0) is 13.8. The van der Waals surface area contributed by atoms with Crippen LogP contribution in [0.25, 0.3) is 0 Å². The number of aryl methyl sites for hydroxylation is 1. The standard InChI is InChI=1S/C14H23ClN4/c1-4-16-14(17-8-11-5-6-11)19(3)10-13-7-12(15)9-18(13)2/h7,9,11H,4-6,8,10H2,1-3H3,(H,16,17). The highest BCUT2D eigenvalue weighted by molar-refractivity contribution is 6.30. The molecule has 0 radical (unpaired) electrons. The van der Waals surface area contributed by atoms with E-state index >= 15 is 0 Å². The molecule has 4 nitrogen and oxygen atoms in total. The Morgan fingerprint density at radius 2 is 2.32 bits per heavy atom. The lowest BCUT2D eigenvalue weighted by Crippen LogP contribution is -2.39. The minimum atomic E-state index is 0.783. The maximum absolute atomic E-state index is 6.02. The van der Waals surface area contributed by atoms with Crippen LogP contribution < -0.4 is 5.32 Å². The second-order valence-corrected chi connectivity index (χ2v) is 5.69. The Morgan fingerprint density at radius 1 is 1.58 bits per heavy atom. The molecule has 1 saturated carbocycles. The molecule has 1 N–H and O–H groups in total. The highest BCUT2D eigenvalue weighted by Gasteiger charge is 2.21. The summed E-state index contributed by atoms with van der Waals surface area (Å²) in [6, 6.07) is 2.00. The fraction of sp³-hybridized carbons (Fsp3) is 0.643. The summed E-state index contributed by atoms with van der Waals surface area (Å²) in [6.45, 7) is 4.74. The van der Waals surface area contributed by atoms with E-state index in [1.165, 1.54) is 18.5 Å². The number of hydrogen-bond donors (Lipinski definition) is 1. The first-order valence-electron chi connectivity index (χ1n) is 6.90. The van der Waals surface area contributed by atoms with Gasteiger partial charge in [0.2, 0.25) is 0 Å². The molecule has 0 bridgehead atoms. The van der Waals surface area contributed by atoms with Crippen LogP contribution in [0, 0.1) is 5.92 Å². The average Bonchev–Trinajstić information content (AvgIpc) is 3.12. The molecule has 1 fully saturated rings. The van der Waals surface area contributed by atoms with E-state index in [1.54, 1.807) is 0 Å². The van der Waals surface area contributed by atoms with Crippen molar-refractivity contribution in [2.75, 3.05) is 20.1 Å². The zero-order valence-corrected chi connectivity index (χ0v) is 12.7. The quantitative estimate of drug-likeness (QED) is 0.665. The van der Waals surface area contributed by atoms with Gasteiger partial charge in [-0.3, -0.25) is 4.99 Å². The summed E-state index contributed by atoms with van der Waals surface area (Å²) in [6.07, 6.45) is 4.60. The van der Waals surface area contributed by atoms with E-state index in [2.05, 4.69) is 28.8 Å². The maximum Gasteiger partial charge on any atom is 0.194 e. The van der Waals surface area contributed by atoms with Crippen LogP contribution in [0.1, 0.15) is 25.5 Å². The molecular weight excluding hydrogens is 260 g/mol. The molecule has 1 aliphatic rings. The normalized spacial score (nSPS) is 15.7. The molecule has 2 rings (SSSR count). The molecule has 0 aliphatic heterocycles. The minimum absolute atomic E-state index is 0.783. The third-order valence-electron chi connectivity index (χ3n) is 3.37. The van der Waals surface area contributed by atoms with Gasteiger partial charge in [-0.2, -0.15) is 0 Å². The Balaban J connectivity index is 1.99. The molecule has 1 heterocycles. The number of nitrogens with zero attached hydrogens (tertiary/aromatic N) is 3. The number of hydrogen-bond acceptors (Lipinski definition) is 1. The summed E-state index contributed by atoms with van der Waals surface area (Å²) >= 11 is 6.02. The predicted molar refractivity (Wildman–Crippen MR) is 80.6 cm³/mol. The van der Waals surface area contributed by atoms with Gasteiger partial charge in [0.25, 0.3) is 0 Å². The van der Waals surface area contributed by atoms with E-state index in [0.717, 1.165) is 36.5 Å². The SMILES string of the molecule is CCNC(=NCC1CC1)N(C)Cc1cc(Cl)cn1C. The Labute approximate surface area is 120 Å². The van der Waals surface area contributed by atoms with Crippen molar-refractivity contribution in [1.82, 2.24) is 14.8 Å². The molecule has 0 aromatic carbocycles. The fourth-order valence-corrected chi connectivity index (χ4v) is 2.30. The maximum atomic E-state index is 6.02. The molecule has 0 amide bonds. The van der Waals surface area contributed by atoms with Gasteiger partial charge in [-0.1, -0.05) is 11.6 Å². The van der Waals surface area contributed by atoms with Crippen LogP contribution in [0.2, 0.25) is 5.02 Å².